The van der Waals surface area contributed by atoms with E-state index < -0.39 is 31.4 Å². The van der Waals surface area contributed by atoms with Crippen molar-refractivity contribution in [3.05, 3.63) is 60.2 Å². The van der Waals surface area contributed by atoms with Gasteiger partial charge in [-0.15, -0.1) is 0 Å². The molecule has 1 unspecified atom stereocenters. The van der Waals surface area contributed by atoms with Gasteiger partial charge in [-0.25, -0.2) is 25.9 Å². The third-order valence-corrected chi connectivity index (χ3v) is 9.66. The normalized spacial score (nSPS) is 21.4. The second kappa shape index (κ2) is 8.83. The summed E-state index contributed by atoms with van der Waals surface area (Å²) in [6.45, 7) is 5.23. The van der Waals surface area contributed by atoms with Crippen molar-refractivity contribution in [1.82, 2.24) is 9.62 Å². The van der Waals surface area contributed by atoms with Crippen LogP contribution < -0.4 is 9.03 Å². The largest absolute Gasteiger partial charge is 0.295 e. The molecule has 33 heavy (non-hydrogen) atoms. The van der Waals surface area contributed by atoms with E-state index in [1.165, 1.54) is 24.3 Å². The molecule has 2 fully saturated rings. The van der Waals surface area contributed by atoms with Crippen LogP contribution in [0.4, 0.5) is 5.69 Å². The number of benzene rings is 2. The van der Waals surface area contributed by atoms with Crippen LogP contribution in [0.5, 0.6) is 0 Å². The number of sulfonamides is 2. The van der Waals surface area contributed by atoms with Crippen molar-refractivity contribution in [2.24, 2.45) is 5.41 Å². The molecule has 0 bridgehead atoms. The highest BCUT2D eigenvalue weighted by molar-refractivity contribution is 7.94. The summed E-state index contributed by atoms with van der Waals surface area (Å²) in [6, 6.07) is 15.1. The number of nitrogens with zero attached hydrogens (tertiary/aromatic N) is 2. The number of carbonyl (C=O) groups excluding carboxylic acids is 1. The first-order valence-corrected chi connectivity index (χ1v) is 14.1. The maximum Gasteiger partial charge on any atom is 0.247 e. The van der Waals surface area contributed by atoms with Gasteiger partial charge in [0.05, 0.1) is 21.8 Å². The molecule has 2 aliphatic heterocycles. The first kappa shape index (κ1) is 23.9. The minimum absolute atomic E-state index is 0.0165. The second-order valence-corrected chi connectivity index (χ2v) is 12.8. The molecule has 2 aromatic carbocycles. The Morgan fingerprint density at radius 3 is 2.15 bits per heavy atom. The van der Waals surface area contributed by atoms with Gasteiger partial charge in [0.2, 0.25) is 26.0 Å². The molecule has 0 aliphatic carbocycles. The zero-order chi connectivity index (χ0) is 23.9. The number of hydrogen-bond acceptors (Lipinski definition) is 6. The Morgan fingerprint density at radius 2 is 1.61 bits per heavy atom. The van der Waals surface area contributed by atoms with E-state index in [9.17, 15) is 21.6 Å². The number of hydrogen-bond donors (Lipinski definition) is 1. The molecular weight excluding hydrogens is 462 g/mol. The molecular formula is C23H29N3O5S2. The molecule has 1 N–H and O–H groups in total. The van der Waals surface area contributed by atoms with Crippen LogP contribution in [0.3, 0.4) is 0 Å². The SMILES string of the molecule is CC1(C)CS(=O)(=O)N(c2ccc(S(=O)(=O)NCC(c3ccccc3)N3CCCC3)cc2)C1=O. The summed E-state index contributed by atoms with van der Waals surface area (Å²) >= 11 is 0. The van der Waals surface area contributed by atoms with Gasteiger partial charge < -0.3 is 0 Å². The number of anilines is 1. The van der Waals surface area contributed by atoms with Crippen molar-refractivity contribution < 1.29 is 21.6 Å². The van der Waals surface area contributed by atoms with Gasteiger partial charge in [0.15, 0.2) is 0 Å². The van der Waals surface area contributed by atoms with Crippen LogP contribution in [0.25, 0.3) is 0 Å². The smallest absolute Gasteiger partial charge is 0.247 e. The van der Waals surface area contributed by atoms with E-state index in [2.05, 4.69) is 9.62 Å². The lowest BCUT2D eigenvalue weighted by Gasteiger charge is -2.28. The third-order valence-electron chi connectivity index (χ3n) is 6.20. The summed E-state index contributed by atoms with van der Waals surface area (Å²) in [5.74, 6) is -0.801. The van der Waals surface area contributed by atoms with Crippen LogP contribution in [0, 0.1) is 5.41 Å². The Hall–Kier alpha value is -2.27. The standard InChI is InChI=1S/C23H29N3O5S2/c1-23(2)17-32(28,29)26(22(23)27)19-10-12-20(13-11-19)33(30,31)24-16-21(25-14-6-7-15-25)18-8-4-3-5-9-18/h3-5,8-13,21,24H,6-7,14-17H2,1-2H3. The van der Waals surface area contributed by atoms with Crippen molar-refractivity contribution in [3.63, 3.8) is 0 Å². The molecule has 0 aromatic heterocycles. The molecule has 10 heteroatoms. The second-order valence-electron chi connectivity index (χ2n) is 9.23. The molecule has 1 atom stereocenters. The van der Waals surface area contributed by atoms with E-state index >= 15 is 0 Å². The summed E-state index contributed by atoms with van der Waals surface area (Å²) < 4.78 is 54.4. The van der Waals surface area contributed by atoms with Gasteiger partial charge in [0, 0.05) is 12.6 Å². The van der Waals surface area contributed by atoms with Crippen molar-refractivity contribution in [2.75, 3.05) is 29.7 Å². The molecule has 2 aliphatic rings. The van der Waals surface area contributed by atoms with E-state index in [1.54, 1.807) is 13.8 Å². The highest BCUT2D eigenvalue weighted by atomic mass is 32.2. The van der Waals surface area contributed by atoms with Gasteiger partial charge in [0.1, 0.15) is 0 Å². The van der Waals surface area contributed by atoms with Crippen LogP contribution in [0.1, 0.15) is 38.3 Å². The lowest BCUT2D eigenvalue weighted by Crippen LogP contribution is -2.36. The number of carbonyl (C=O) groups is 1. The van der Waals surface area contributed by atoms with E-state index in [0.29, 0.717) is 0 Å². The summed E-state index contributed by atoms with van der Waals surface area (Å²) in [4.78, 5) is 14.9. The summed E-state index contributed by atoms with van der Waals surface area (Å²) in [5, 5.41) is 0. The Balaban J connectivity index is 1.52. The summed E-state index contributed by atoms with van der Waals surface area (Å²) in [5.41, 5.74) is 0.175. The Labute approximate surface area is 195 Å². The fourth-order valence-electron chi connectivity index (χ4n) is 4.48. The number of amides is 1. The Bertz CT molecular complexity index is 1220. The zero-order valence-corrected chi connectivity index (χ0v) is 20.4. The topological polar surface area (TPSA) is 104 Å². The van der Waals surface area contributed by atoms with Gasteiger partial charge in [-0.3, -0.25) is 9.69 Å². The molecule has 0 saturated carbocycles. The van der Waals surface area contributed by atoms with Crippen LogP contribution in [0.2, 0.25) is 0 Å². The van der Waals surface area contributed by atoms with Gasteiger partial charge in [-0.1, -0.05) is 30.3 Å². The molecule has 2 heterocycles. The first-order chi connectivity index (χ1) is 15.5. The highest BCUT2D eigenvalue weighted by Gasteiger charge is 2.49. The van der Waals surface area contributed by atoms with E-state index in [4.69, 9.17) is 0 Å². The Morgan fingerprint density at radius 1 is 1.00 bits per heavy atom. The van der Waals surface area contributed by atoms with Crippen LogP contribution >= 0.6 is 0 Å². The van der Waals surface area contributed by atoms with Gasteiger partial charge >= 0.3 is 0 Å². The summed E-state index contributed by atoms with van der Waals surface area (Å²) in [6.07, 6.45) is 2.18. The fourth-order valence-corrected chi connectivity index (χ4v) is 7.63. The van der Waals surface area contributed by atoms with Gasteiger partial charge in [-0.2, -0.15) is 0 Å². The predicted octanol–water partition coefficient (Wildman–Crippen LogP) is 2.50. The van der Waals surface area contributed by atoms with Crippen LogP contribution in [0.15, 0.2) is 59.5 Å². The first-order valence-electron chi connectivity index (χ1n) is 11.0. The molecule has 1 amide bonds. The maximum absolute atomic E-state index is 13.0. The minimum Gasteiger partial charge on any atom is -0.295 e. The van der Waals surface area contributed by atoms with Crippen LogP contribution in [-0.4, -0.2) is 53.0 Å². The van der Waals surface area contributed by atoms with Gasteiger partial charge in [-0.05, 0) is 69.6 Å². The number of likely N-dealkylation sites (tertiary alicyclic amines) is 1. The van der Waals surface area contributed by atoms with E-state index in [0.717, 1.165) is 35.8 Å². The minimum atomic E-state index is -3.83. The number of rotatable bonds is 7. The monoisotopic (exact) mass is 491 g/mol. The molecule has 0 radical (unpaired) electrons. The van der Waals surface area contributed by atoms with Crippen LogP contribution in [-0.2, 0) is 24.8 Å². The van der Waals surface area contributed by atoms with Gasteiger partial charge in [0.25, 0.3) is 0 Å². The maximum atomic E-state index is 13.0. The van der Waals surface area contributed by atoms with Crippen molar-refractivity contribution in [2.45, 2.75) is 37.6 Å². The fraction of sp³-hybridized carbons (Fsp3) is 0.435. The molecule has 2 aromatic rings. The number of nitrogens with one attached hydrogen (secondary N) is 1. The van der Waals surface area contributed by atoms with Crippen molar-refractivity contribution in [3.8, 4) is 0 Å². The predicted molar refractivity (Wildman–Crippen MR) is 127 cm³/mol. The lowest BCUT2D eigenvalue weighted by molar-refractivity contribution is -0.123. The highest BCUT2D eigenvalue weighted by Crippen LogP contribution is 2.36. The van der Waals surface area contributed by atoms with Crippen molar-refractivity contribution in [1.29, 1.82) is 0 Å². The van der Waals surface area contributed by atoms with E-state index in [-0.39, 0.29) is 28.9 Å². The summed E-state index contributed by atoms with van der Waals surface area (Å²) in [7, 11) is -7.62. The molecule has 8 nitrogen and oxygen atoms in total. The molecule has 4 rings (SSSR count). The average molecular weight is 492 g/mol. The average Bonchev–Trinajstić information content (AvgIpc) is 3.33. The molecule has 178 valence electrons. The Kier molecular flexibility index (Phi) is 6.38. The van der Waals surface area contributed by atoms with E-state index in [1.807, 2.05) is 30.3 Å². The third kappa shape index (κ3) is 4.84. The molecule has 2 saturated heterocycles. The zero-order valence-electron chi connectivity index (χ0n) is 18.8. The quantitative estimate of drug-likeness (QED) is 0.638. The lowest BCUT2D eigenvalue weighted by atomic mass is 9.95. The van der Waals surface area contributed by atoms with Crippen molar-refractivity contribution >= 4 is 31.6 Å². The molecule has 0 spiro atoms.